The number of nitrogens with one attached hydrogen (secondary N) is 1. The summed E-state index contributed by atoms with van der Waals surface area (Å²) in [6.07, 6.45) is 6.58. The highest BCUT2D eigenvalue weighted by atomic mass is 35.5. The van der Waals surface area contributed by atoms with Gasteiger partial charge in [-0.25, -0.2) is 0 Å². The Balaban J connectivity index is 1.82. The summed E-state index contributed by atoms with van der Waals surface area (Å²) in [5.74, 6) is 0. The highest BCUT2D eigenvalue weighted by Crippen LogP contribution is 2.38. The number of rotatable bonds is 3. The van der Waals surface area contributed by atoms with Crippen LogP contribution in [0.2, 0.25) is 5.02 Å². The molecule has 2 saturated heterocycles. The zero-order valence-corrected chi connectivity index (χ0v) is 12.4. The number of fused-ring (bicyclic) bond motifs is 2. The van der Waals surface area contributed by atoms with E-state index >= 15 is 0 Å². The van der Waals surface area contributed by atoms with Crippen molar-refractivity contribution < 1.29 is 0 Å². The van der Waals surface area contributed by atoms with Crippen molar-refractivity contribution in [3.63, 3.8) is 0 Å². The zero-order chi connectivity index (χ0) is 13.2. The van der Waals surface area contributed by atoms with Crippen molar-refractivity contribution in [3.05, 3.63) is 29.3 Å². The molecule has 0 aliphatic carbocycles. The normalized spacial score (nSPS) is 30.4. The fourth-order valence-corrected chi connectivity index (χ4v) is 4.08. The molecule has 2 aliphatic heterocycles. The smallest absolute Gasteiger partial charge is 0.0426 e. The van der Waals surface area contributed by atoms with Crippen LogP contribution < -0.4 is 10.2 Å². The van der Waals surface area contributed by atoms with Crippen molar-refractivity contribution in [3.8, 4) is 0 Å². The van der Waals surface area contributed by atoms with Crippen LogP contribution in [0.5, 0.6) is 0 Å². The minimum absolute atomic E-state index is 0.690. The molecule has 0 amide bonds. The summed E-state index contributed by atoms with van der Waals surface area (Å²) >= 11 is 6.16. The molecule has 2 aliphatic rings. The van der Waals surface area contributed by atoms with Gasteiger partial charge in [0, 0.05) is 28.8 Å². The molecule has 0 aromatic heterocycles. The van der Waals surface area contributed by atoms with E-state index in [0.29, 0.717) is 18.1 Å². The third-order valence-corrected chi connectivity index (χ3v) is 4.81. The highest BCUT2D eigenvalue weighted by molar-refractivity contribution is 6.30. The van der Waals surface area contributed by atoms with Gasteiger partial charge < -0.3 is 10.2 Å². The van der Waals surface area contributed by atoms with Crippen LogP contribution in [0.15, 0.2) is 24.3 Å². The molecule has 2 fully saturated rings. The van der Waals surface area contributed by atoms with Crippen LogP contribution in [0.1, 0.15) is 39.0 Å². The lowest BCUT2D eigenvalue weighted by atomic mass is 9.81. The summed E-state index contributed by atoms with van der Waals surface area (Å²) in [6.45, 7) is 3.29. The Bertz CT molecular complexity index is 421. The van der Waals surface area contributed by atoms with E-state index in [1.54, 1.807) is 0 Å². The molecule has 0 saturated carbocycles. The van der Waals surface area contributed by atoms with E-state index in [0.717, 1.165) is 11.6 Å². The number of nitrogens with zero attached hydrogens (tertiary/aromatic N) is 1. The Hall–Kier alpha value is -0.730. The van der Waals surface area contributed by atoms with Gasteiger partial charge in [0.05, 0.1) is 0 Å². The van der Waals surface area contributed by atoms with Crippen molar-refractivity contribution in [1.82, 2.24) is 5.32 Å². The number of piperidine rings is 2. The minimum atomic E-state index is 0.690. The molecule has 2 unspecified atom stereocenters. The molecule has 19 heavy (non-hydrogen) atoms. The van der Waals surface area contributed by atoms with Crippen molar-refractivity contribution >= 4 is 17.3 Å². The number of hydrogen-bond acceptors (Lipinski definition) is 2. The van der Waals surface area contributed by atoms with Gasteiger partial charge in [-0.05, 0) is 56.8 Å². The summed E-state index contributed by atoms with van der Waals surface area (Å²) in [4.78, 5) is 2.64. The molecule has 2 atom stereocenters. The maximum Gasteiger partial charge on any atom is 0.0426 e. The Morgan fingerprint density at radius 2 is 2.00 bits per heavy atom. The SMILES string of the molecule is CCNC1CC2CCCC(C1)N2c1cccc(Cl)c1. The second-order valence-electron chi connectivity index (χ2n) is 5.85. The van der Waals surface area contributed by atoms with Gasteiger partial charge in [0.25, 0.3) is 0 Å². The van der Waals surface area contributed by atoms with Gasteiger partial charge in [0.1, 0.15) is 0 Å². The summed E-state index contributed by atoms with van der Waals surface area (Å²) in [6, 6.07) is 10.5. The molecule has 2 nitrogen and oxygen atoms in total. The Morgan fingerprint density at radius 1 is 1.26 bits per heavy atom. The number of hydrogen-bond donors (Lipinski definition) is 1. The van der Waals surface area contributed by atoms with Crippen molar-refractivity contribution in [2.75, 3.05) is 11.4 Å². The first kappa shape index (κ1) is 13.3. The lowest BCUT2D eigenvalue weighted by molar-refractivity contribution is 0.247. The average Bonchev–Trinajstić information content (AvgIpc) is 2.38. The fraction of sp³-hybridized carbons (Fsp3) is 0.625. The topological polar surface area (TPSA) is 15.3 Å². The maximum absolute atomic E-state index is 6.16. The minimum Gasteiger partial charge on any atom is -0.365 e. The highest BCUT2D eigenvalue weighted by Gasteiger charge is 2.37. The third-order valence-electron chi connectivity index (χ3n) is 4.57. The quantitative estimate of drug-likeness (QED) is 0.904. The molecule has 2 heterocycles. The van der Waals surface area contributed by atoms with Crippen molar-refractivity contribution in [2.45, 2.75) is 57.2 Å². The van der Waals surface area contributed by atoms with Gasteiger partial charge >= 0.3 is 0 Å². The zero-order valence-electron chi connectivity index (χ0n) is 11.6. The van der Waals surface area contributed by atoms with Gasteiger partial charge in [-0.15, -0.1) is 0 Å². The number of halogens is 1. The summed E-state index contributed by atoms with van der Waals surface area (Å²) < 4.78 is 0. The third kappa shape index (κ3) is 2.75. The Kier molecular flexibility index (Phi) is 3.99. The molecule has 1 aromatic carbocycles. The predicted octanol–water partition coefficient (Wildman–Crippen LogP) is 3.84. The molecule has 0 spiro atoms. The molecule has 1 aromatic rings. The maximum atomic E-state index is 6.16. The van der Waals surface area contributed by atoms with Crippen LogP contribution in [0.3, 0.4) is 0 Å². The van der Waals surface area contributed by atoms with E-state index in [2.05, 4.69) is 35.3 Å². The van der Waals surface area contributed by atoms with Gasteiger partial charge in [-0.2, -0.15) is 0 Å². The fourth-order valence-electron chi connectivity index (χ4n) is 3.90. The van der Waals surface area contributed by atoms with Crippen molar-refractivity contribution in [2.24, 2.45) is 0 Å². The monoisotopic (exact) mass is 278 g/mol. The lowest BCUT2D eigenvalue weighted by Crippen LogP contribution is -2.56. The molecule has 2 bridgehead atoms. The van der Waals surface area contributed by atoms with Crippen LogP contribution in [-0.4, -0.2) is 24.7 Å². The van der Waals surface area contributed by atoms with Gasteiger partial charge in [0.2, 0.25) is 0 Å². The van der Waals surface area contributed by atoms with E-state index in [9.17, 15) is 0 Å². The average molecular weight is 279 g/mol. The molecular formula is C16H23ClN2. The van der Waals surface area contributed by atoms with Gasteiger partial charge in [-0.3, -0.25) is 0 Å². The van der Waals surface area contributed by atoms with E-state index in [4.69, 9.17) is 11.6 Å². The lowest BCUT2D eigenvalue weighted by Gasteiger charge is -2.50. The van der Waals surface area contributed by atoms with Gasteiger partial charge in [0.15, 0.2) is 0 Å². The molecule has 1 N–H and O–H groups in total. The van der Waals surface area contributed by atoms with E-state index in [1.807, 2.05) is 6.07 Å². The first-order valence-corrected chi connectivity index (χ1v) is 7.93. The number of anilines is 1. The summed E-state index contributed by atoms with van der Waals surface area (Å²) in [5.41, 5.74) is 1.32. The molecular weight excluding hydrogens is 256 g/mol. The van der Waals surface area contributed by atoms with E-state index < -0.39 is 0 Å². The summed E-state index contributed by atoms with van der Waals surface area (Å²) in [7, 11) is 0. The van der Waals surface area contributed by atoms with E-state index in [-0.39, 0.29) is 0 Å². The summed E-state index contributed by atoms with van der Waals surface area (Å²) in [5, 5.41) is 4.50. The predicted molar refractivity (Wildman–Crippen MR) is 82.1 cm³/mol. The second-order valence-corrected chi connectivity index (χ2v) is 6.29. The van der Waals surface area contributed by atoms with Crippen LogP contribution >= 0.6 is 11.6 Å². The standard InChI is InChI=1S/C16H23ClN2/c1-2-18-13-10-15-7-4-8-16(11-13)19(15)14-6-3-5-12(17)9-14/h3,5-6,9,13,15-16,18H,2,4,7-8,10-11H2,1H3. The molecule has 0 radical (unpaired) electrons. The van der Waals surface area contributed by atoms with Crippen LogP contribution in [0.4, 0.5) is 5.69 Å². The Labute approximate surface area is 121 Å². The Morgan fingerprint density at radius 3 is 2.63 bits per heavy atom. The van der Waals surface area contributed by atoms with Crippen molar-refractivity contribution in [1.29, 1.82) is 0 Å². The first-order chi connectivity index (χ1) is 9.28. The second kappa shape index (κ2) is 5.72. The van der Waals surface area contributed by atoms with E-state index in [1.165, 1.54) is 37.8 Å². The van der Waals surface area contributed by atoms with Crippen LogP contribution in [0, 0.1) is 0 Å². The molecule has 3 heteroatoms. The molecule has 104 valence electrons. The first-order valence-electron chi connectivity index (χ1n) is 7.55. The van der Waals surface area contributed by atoms with Crippen LogP contribution in [-0.2, 0) is 0 Å². The molecule has 3 rings (SSSR count). The largest absolute Gasteiger partial charge is 0.365 e. The van der Waals surface area contributed by atoms with Crippen LogP contribution in [0.25, 0.3) is 0 Å². The number of benzene rings is 1. The van der Waals surface area contributed by atoms with Gasteiger partial charge in [-0.1, -0.05) is 24.6 Å².